The summed E-state index contributed by atoms with van der Waals surface area (Å²) in [5.41, 5.74) is 6.55. The highest BCUT2D eigenvalue weighted by Gasteiger charge is 2.30. The molecule has 102 valence electrons. The van der Waals surface area contributed by atoms with Crippen LogP contribution in [0.1, 0.15) is 16.8 Å². The minimum Gasteiger partial charge on any atom is -0.465 e. The third-order valence-corrected chi connectivity index (χ3v) is 3.50. The Hall–Kier alpha value is -1.59. The minimum absolute atomic E-state index is 0.00293. The average Bonchev–Trinajstić information content (AvgIpc) is 2.79. The molecule has 19 heavy (non-hydrogen) atoms. The molecule has 2 N–H and O–H groups in total. The number of ether oxygens (including phenoxy) is 1. The van der Waals surface area contributed by atoms with E-state index in [1.54, 1.807) is 17.0 Å². The summed E-state index contributed by atoms with van der Waals surface area (Å²) in [6.45, 7) is 1.03. The highest BCUT2D eigenvalue weighted by molar-refractivity contribution is 6.34. The van der Waals surface area contributed by atoms with E-state index in [0.717, 1.165) is 0 Å². The van der Waals surface area contributed by atoms with Crippen molar-refractivity contribution < 1.29 is 14.3 Å². The maximum absolute atomic E-state index is 11.9. The van der Waals surface area contributed by atoms with E-state index in [-0.39, 0.29) is 11.8 Å². The van der Waals surface area contributed by atoms with Gasteiger partial charge >= 0.3 is 5.97 Å². The number of halogens is 1. The first-order valence-electron chi connectivity index (χ1n) is 5.95. The Morgan fingerprint density at radius 2 is 2.32 bits per heavy atom. The molecule has 0 saturated carbocycles. The predicted octanol–water partition coefficient (Wildman–Crippen LogP) is 1.44. The minimum atomic E-state index is -0.457. The van der Waals surface area contributed by atoms with E-state index in [4.69, 9.17) is 17.3 Å². The Morgan fingerprint density at radius 1 is 1.58 bits per heavy atom. The van der Waals surface area contributed by atoms with Crippen LogP contribution < -0.4 is 10.6 Å². The molecule has 1 unspecified atom stereocenters. The fraction of sp³-hybridized carbons (Fsp3) is 0.385. The molecule has 1 saturated heterocycles. The maximum atomic E-state index is 11.9. The van der Waals surface area contributed by atoms with Gasteiger partial charge in [-0.25, -0.2) is 4.79 Å². The summed E-state index contributed by atoms with van der Waals surface area (Å²) in [5.74, 6) is -0.298. The van der Waals surface area contributed by atoms with Crippen molar-refractivity contribution in [3.05, 3.63) is 28.8 Å². The lowest BCUT2D eigenvalue weighted by atomic mass is 10.1. The van der Waals surface area contributed by atoms with E-state index in [2.05, 4.69) is 4.74 Å². The van der Waals surface area contributed by atoms with Crippen LogP contribution in [-0.4, -0.2) is 32.1 Å². The van der Waals surface area contributed by atoms with Crippen molar-refractivity contribution >= 4 is 29.2 Å². The number of benzene rings is 1. The van der Waals surface area contributed by atoms with Crippen molar-refractivity contribution in [1.82, 2.24) is 0 Å². The lowest BCUT2D eigenvalue weighted by Crippen LogP contribution is -2.26. The molecule has 0 bridgehead atoms. The molecule has 1 fully saturated rings. The number of anilines is 1. The van der Waals surface area contributed by atoms with Crippen LogP contribution >= 0.6 is 11.6 Å². The lowest BCUT2D eigenvalue weighted by Gasteiger charge is -2.18. The number of carbonyl (C=O) groups is 2. The maximum Gasteiger partial charge on any atom is 0.337 e. The third kappa shape index (κ3) is 2.72. The van der Waals surface area contributed by atoms with E-state index in [1.807, 2.05) is 0 Å². The number of hydrogen-bond acceptors (Lipinski definition) is 4. The normalized spacial score (nSPS) is 18.8. The van der Waals surface area contributed by atoms with Gasteiger partial charge in [-0.1, -0.05) is 11.6 Å². The Balaban J connectivity index is 2.27. The van der Waals surface area contributed by atoms with Gasteiger partial charge in [0.25, 0.3) is 0 Å². The number of rotatable bonds is 3. The molecule has 6 heteroatoms. The Bertz CT molecular complexity index is 519. The van der Waals surface area contributed by atoms with Gasteiger partial charge in [-0.05, 0) is 30.7 Å². The van der Waals surface area contributed by atoms with Gasteiger partial charge in [-0.15, -0.1) is 0 Å². The van der Waals surface area contributed by atoms with E-state index in [1.165, 1.54) is 13.2 Å². The third-order valence-electron chi connectivity index (χ3n) is 3.20. The van der Waals surface area contributed by atoms with Crippen molar-refractivity contribution in [3.8, 4) is 0 Å². The molecule has 1 aliphatic rings. The highest BCUT2D eigenvalue weighted by atomic mass is 35.5. The van der Waals surface area contributed by atoms with Crippen LogP contribution in [0.15, 0.2) is 18.2 Å². The van der Waals surface area contributed by atoms with Crippen LogP contribution in [0, 0.1) is 5.92 Å². The van der Waals surface area contributed by atoms with Crippen LogP contribution in [0.3, 0.4) is 0 Å². The second-order valence-corrected chi connectivity index (χ2v) is 4.88. The van der Waals surface area contributed by atoms with Gasteiger partial charge in [0.2, 0.25) is 5.91 Å². The zero-order chi connectivity index (χ0) is 14.0. The molecule has 1 amide bonds. The molecule has 0 aromatic heterocycles. The molecule has 1 heterocycles. The van der Waals surface area contributed by atoms with Crippen molar-refractivity contribution in [1.29, 1.82) is 0 Å². The molecule has 1 aromatic carbocycles. The Morgan fingerprint density at radius 3 is 2.84 bits per heavy atom. The van der Waals surface area contributed by atoms with Crippen LogP contribution in [0.4, 0.5) is 5.69 Å². The second kappa shape index (κ2) is 5.59. The monoisotopic (exact) mass is 282 g/mol. The first kappa shape index (κ1) is 13.8. The fourth-order valence-electron chi connectivity index (χ4n) is 2.14. The van der Waals surface area contributed by atoms with E-state index in [0.29, 0.717) is 35.8 Å². The van der Waals surface area contributed by atoms with Crippen molar-refractivity contribution in [2.24, 2.45) is 11.7 Å². The second-order valence-electron chi connectivity index (χ2n) is 4.47. The van der Waals surface area contributed by atoms with Gasteiger partial charge in [0.15, 0.2) is 0 Å². The molecule has 1 aromatic rings. The summed E-state index contributed by atoms with van der Waals surface area (Å²) in [6, 6.07) is 4.76. The number of carbonyl (C=O) groups excluding carboxylic acids is 2. The van der Waals surface area contributed by atoms with Crippen LogP contribution in [0.25, 0.3) is 0 Å². The van der Waals surface area contributed by atoms with Crippen LogP contribution in [0.2, 0.25) is 5.02 Å². The summed E-state index contributed by atoms with van der Waals surface area (Å²) in [7, 11) is 1.31. The number of nitrogens with zero attached hydrogens (tertiary/aromatic N) is 1. The Kier molecular flexibility index (Phi) is 4.07. The molecule has 1 aliphatic heterocycles. The number of hydrogen-bond donors (Lipinski definition) is 1. The standard InChI is InChI=1S/C13H15ClN2O3/c1-19-13(18)9-2-3-11(10(14)5-9)16-7-8(6-15)4-12(16)17/h2-3,5,8H,4,6-7,15H2,1H3. The van der Waals surface area contributed by atoms with Crippen molar-refractivity contribution in [2.45, 2.75) is 6.42 Å². The quantitative estimate of drug-likeness (QED) is 0.852. The molecular weight excluding hydrogens is 268 g/mol. The smallest absolute Gasteiger partial charge is 0.337 e. The summed E-state index contributed by atoms with van der Waals surface area (Å²) in [4.78, 5) is 24.9. The molecule has 2 rings (SSSR count). The Labute approximate surface area is 116 Å². The SMILES string of the molecule is COC(=O)c1ccc(N2CC(CN)CC2=O)c(Cl)c1. The largest absolute Gasteiger partial charge is 0.465 e. The first-order valence-corrected chi connectivity index (χ1v) is 6.33. The molecule has 0 radical (unpaired) electrons. The summed E-state index contributed by atoms with van der Waals surface area (Å²) >= 11 is 6.13. The number of esters is 1. The number of nitrogens with two attached hydrogens (primary N) is 1. The number of amides is 1. The van der Waals surface area contributed by atoms with Crippen LogP contribution in [-0.2, 0) is 9.53 Å². The van der Waals surface area contributed by atoms with Crippen LogP contribution in [0.5, 0.6) is 0 Å². The van der Waals surface area contributed by atoms with E-state index in [9.17, 15) is 9.59 Å². The first-order chi connectivity index (χ1) is 9.06. The van der Waals surface area contributed by atoms with Crippen molar-refractivity contribution in [2.75, 3.05) is 25.1 Å². The molecule has 0 aliphatic carbocycles. The highest BCUT2D eigenvalue weighted by Crippen LogP contribution is 2.31. The zero-order valence-electron chi connectivity index (χ0n) is 10.6. The topological polar surface area (TPSA) is 72.6 Å². The molecule has 0 spiro atoms. The molecular formula is C13H15ClN2O3. The van der Waals surface area contributed by atoms with Crippen molar-refractivity contribution in [3.63, 3.8) is 0 Å². The molecule has 5 nitrogen and oxygen atoms in total. The van der Waals surface area contributed by atoms with Gasteiger partial charge in [0.1, 0.15) is 0 Å². The van der Waals surface area contributed by atoms with Gasteiger partial charge in [-0.2, -0.15) is 0 Å². The predicted molar refractivity (Wildman–Crippen MR) is 72.3 cm³/mol. The number of methoxy groups -OCH3 is 1. The summed E-state index contributed by atoms with van der Waals surface area (Å²) in [6.07, 6.45) is 0.436. The van der Waals surface area contributed by atoms with Gasteiger partial charge in [0, 0.05) is 13.0 Å². The molecule has 1 atom stereocenters. The summed E-state index contributed by atoms with van der Waals surface area (Å²) in [5, 5.41) is 0.355. The van der Waals surface area contributed by atoms with Gasteiger partial charge in [0.05, 0.1) is 23.4 Å². The van der Waals surface area contributed by atoms with E-state index < -0.39 is 5.97 Å². The lowest BCUT2D eigenvalue weighted by molar-refractivity contribution is -0.117. The fourth-order valence-corrected chi connectivity index (χ4v) is 2.43. The van der Waals surface area contributed by atoms with Gasteiger partial charge < -0.3 is 15.4 Å². The van der Waals surface area contributed by atoms with E-state index >= 15 is 0 Å². The average molecular weight is 283 g/mol. The summed E-state index contributed by atoms with van der Waals surface area (Å²) < 4.78 is 4.62. The zero-order valence-corrected chi connectivity index (χ0v) is 11.3. The van der Waals surface area contributed by atoms with Gasteiger partial charge in [-0.3, -0.25) is 4.79 Å².